The minimum atomic E-state index is -0.915. The third-order valence-electron chi connectivity index (χ3n) is 5.19. The topological polar surface area (TPSA) is 77.9 Å². The van der Waals surface area contributed by atoms with Crippen LogP contribution in [-0.4, -0.2) is 58.4 Å². The van der Waals surface area contributed by atoms with Gasteiger partial charge in [-0.2, -0.15) is 0 Å². The molecule has 2 saturated heterocycles. The van der Waals surface area contributed by atoms with Crippen molar-refractivity contribution < 1.29 is 19.5 Å². The Morgan fingerprint density at radius 1 is 1.13 bits per heavy atom. The van der Waals surface area contributed by atoms with E-state index in [0.29, 0.717) is 26.1 Å². The van der Waals surface area contributed by atoms with Gasteiger partial charge < -0.3 is 14.9 Å². The van der Waals surface area contributed by atoms with Crippen LogP contribution in [0.5, 0.6) is 0 Å². The first kappa shape index (κ1) is 17.8. The first-order valence-corrected chi connectivity index (χ1v) is 8.77. The Morgan fingerprint density at radius 2 is 1.87 bits per heavy atom. The highest BCUT2D eigenvalue weighted by Crippen LogP contribution is 2.25. The Kier molecular flexibility index (Phi) is 6.02. The maximum atomic E-state index is 12.8. The van der Waals surface area contributed by atoms with Crippen LogP contribution in [0.1, 0.15) is 52.4 Å². The molecule has 2 rings (SSSR count). The van der Waals surface area contributed by atoms with E-state index in [1.165, 1.54) is 4.90 Å². The first-order chi connectivity index (χ1) is 11.0. The minimum Gasteiger partial charge on any atom is -0.480 e. The molecular weight excluding hydrogens is 296 g/mol. The van der Waals surface area contributed by atoms with E-state index in [4.69, 9.17) is 0 Å². The van der Waals surface area contributed by atoms with Crippen LogP contribution in [0.15, 0.2) is 0 Å². The van der Waals surface area contributed by atoms with Gasteiger partial charge in [-0.1, -0.05) is 13.8 Å². The molecule has 0 aromatic heterocycles. The van der Waals surface area contributed by atoms with Gasteiger partial charge in [0.25, 0.3) is 0 Å². The molecule has 0 aromatic carbocycles. The number of nitrogens with zero attached hydrogens (tertiary/aromatic N) is 2. The Bertz CT molecular complexity index is 466. The van der Waals surface area contributed by atoms with Crippen molar-refractivity contribution in [1.29, 1.82) is 0 Å². The Morgan fingerprint density at radius 3 is 2.52 bits per heavy atom. The zero-order valence-electron chi connectivity index (χ0n) is 14.2. The zero-order valence-corrected chi connectivity index (χ0v) is 14.2. The van der Waals surface area contributed by atoms with Gasteiger partial charge in [-0.25, -0.2) is 4.79 Å². The lowest BCUT2D eigenvalue weighted by molar-refractivity contribution is -0.155. The summed E-state index contributed by atoms with van der Waals surface area (Å²) in [7, 11) is 0. The van der Waals surface area contributed by atoms with Gasteiger partial charge in [0.15, 0.2) is 0 Å². The van der Waals surface area contributed by atoms with Crippen LogP contribution in [0, 0.1) is 11.8 Å². The Hall–Kier alpha value is -1.59. The van der Waals surface area contributed by atoms with E-state index in [9.17, 15) is 19.5 Å². The second kappa shape index (κ2) is 7.79. The molecular formula is C17H28N2O4. The van der Waals surface area contributed by atoms with E-state index in [1.54, 1.807) is 4.90 Å². The van der Waals surface area contributed by atoms with Crippen molar-refractivity contribution >= 4 is 17.8 Å². The molecule has 0 aliphatic carbocycles. The van der Waals surface area contributed by atoms with Crippen LogP contribution in [0.3, 0.4) is 0 Å². The van der Waals surface area contributed by atoms with Crippen LogP contribution < -0.4 is 0 Å². The summed E-state index contributed by atoms with van der Waals surface area (Å²) in [5, 5.41) is 9.34. The van der Waals surface area contributed by atoms with Gasteiger partial charge in [-0.05, 0) is 38.5 Å². The fourth-order valence-electron chi connectivity index (χ4n) is 3.55. The smallest absolute Gasteiger partial charge is 0.326 e. The van der Waals surface area contributed by atoms with Crippen molar-refractivity contribution in [1.82, 2.24) is 9.80 Å². The largest absolute Gasteiger partial charge is 0.480 e. The molecule has 0 saturated carbocycles. The summed E-state index contributed by atoms with van der Waals surface area (Å²) < 4.78 is 0. The van der Waals surface area contributed by atoms with E-state index in [0.717, 1.165) is 32.1 Å². The predicted molar refractivity (Wildman–Crippen MR) is 85.7 cm³/mol. The molecule has 6 nitrogen and oxygen atoms in total. The number of likely N-dealkylation sites (tertiary alicyclic amines) is 2. The van der Waals surface area contributed by atoms with Crippen molar-refractivity contribution in [2.45, 2.75) is 58.4 Å². The molecule has 0 radical (unpaired) electrons. The average Bonchev–Trinajstić information content (AvgIpc) is 2.59. The number of carboxylic acids is 1. The molecule has 1 N–H and O–H groups in total. The van der Waals surface area contributed by atoms with E-state index < -0.39 is 12.0 Å². The van der Waals surface area contributed by atoms with Gasteiger partial charge in [0, 0.05) is 25.6 Å². The molecule has 130 valence electrons. The van der Waals surface area contributed by atoms with Crippen molar-refractivity contribution in [3.8, 4) is 0 Å². The maximum absolute atomic E-state index is 12.8. The van der Waals surface area contributed by atoms with Gasteiger partial charge >= 0.3 is 5.97 Å². The third-order valence-corrected chi connectivity index (χ3v) is 5.19. The van der Waals surface area contributed by atoms with Crippen molar-refractivity contribution in [2.24, 2.45) is 11.8 Å². The fourth-order valence-corrected chi connectivity index (χ4v) is 3.55. The molecule has 0 spiro atoms. The predicted octanol–water partition coefficient (Wildman–Crippen LogP) is 1.74. The molecule has 2 heterocycles. The van der Waals surface area contributed by atoms with Crippen LogP contribution in [-0.2, 0) is 14.4 Å². The van der Waals surface area contributed by atoms with E-state index in [1.807, 2.05) is 13.8 Å². The van der Waals surface area contributed by atoms with Crippen molar-refractivity contribution in [3.05, 3.63) is 0 Å². The quantitative estimate of drug-likeness (QED) is 0.854. The highest BCUT2D eigenvalue weighted by Gasteiger charge is 2.37. The minimum absolute atomic E-state index is 0.0226. The number of hydrogen-bond acceptors (Lipinski definition) is 3. The van der Waals surface area contributed by atoms with Crippen molar-refractivity contribution in [2.75, 3.05) is 19.6 Å². The molecule has 6 heteroatoms. The summed E-state index contributed by atoms with van der Waals surface area (Å²) in [5.41, 5.74) is 0. The van der Waals surface area contributed by atoms with E-state index in [-0.39, 0.29) is 23.7 Å². The number of carboxylic acid groups (broad SMARTS) is 1. The lowest BCUT2D eigenvalue weighted by Gasteiger charge is -2.39. The Labute approximate surface area is 137 Å². The fraction of sp³-hybridized carbons (Fsp3) is 0.824. The zero-order chi connectivity index (χ0) is 17.0. The number of carbonyl (C=O) groups is 3. The number of hydrogen-bond donors (Lipinski definition) is 1. The van der Waals surface area contributed by atoms with E-state index >= 15 is 0 Å². The molecule has 23 heavy (non-hydrogen) atoms. The summed E-state index contributed by atoms with van der Waals surface area (Å²) in [6.45, 7) is 5.56. The number of rotatable bonds is 4. The van der Waals surface area contributed by atoms with Crippen LogP contribution in [0.4, 0.5) is 0 Å². The van der Waals surface area contributed by atoms with Gasteiger partial charge in [0.1, 0.15) is 6.04 Å². The SMILES string of the molecule is CCC(C)C(=O)N1CCCC(C(=O)N2CCCCC2C(=O)O)C1. The molecule has 2 aliphatic rings. The van der Waals surface area contributed by atoms with Gasteiger partial charge in [-0.15, -0.1) is 0 Å². The van der Waals surface area contributed by atoms with Gasteiger partial charge in [0.05, 0.1) is 5.92 Å². The lowest BCUT2D eigenvalue weighted by Crippen LogP contribution is -2.53. The lowest BCUT2D eigenvalue weighted by atomic mass is 9.92. The molecule has 3 unspecified atom stereocenters. The monoisotopic (exact) mass is 324 g/mol. The number of piperidine rings is 2. The molecule has 2 aliphatic heterocycles. The van der Waals surface area contributed by atoms with Crippen molar-refractivity contribution in [3.63, 3.8) is 0 Å². The summed E-state index contributed by atoms with van der Waals surface area (Å²) in [4.78, 5) is 39.9. The normalized spacial score (nSPS) is 26.7. The Balaban J connectivity index is 2.03. The second-order valence-corrected chi connectivity index (χ2v) is 6.81. The second-order valence-electron chi connectivity index (χ2n) is 6.81. The molecule has 3 atom stereocenters. The molecule has 2 amide bonds. The highest BCUT2D eigenvalue weighted by atomic mass is 16.4. The standard InChI is InChI=1S/C17H28N2O4/c1-3-12(2)15(20)18-9-6-7-13(11-18)16(21)19-10-5-4-8-14(19)17(22)23/h12-14H,3-11H2,1-2H3,(H,22,23). The van der Waals surface area contributed by atoms with E-state index in [2.05, 4.69) is 0 Å². The molecule has 0 bridgehead atoms. The summed E-state index contributed by atoms with van der Waals surface area (Å²) >= 11 is 0. The summed E-state index contributed by atoms with van der Waals surface area (Å²) in [6.07, 6.45) is 4.59. The van der Waals surface area contributed by atoms with Crippen LogP contribution in [0.25, 0.3) is 0 Å². The maximum Gasteiger partial charge on any atom is 0.326 e. The highest BCUT2D eigenvalue weighted by molar-refractivity contribution is 5.86. The molecule has 2 fully saturated rings. The number of aliphatic carboxylic acids is 1. The summed E-state index contributed by atoms with van der Waals surface area (Å²) in [5.74, 6) is -1.17. The average molecular weight is 324 g/mol. The van der Waals surface area contributed by atoms with Crippen LogP contribution in [0.2, 0.25) is 0 Å². The third kappa shape index (κ3) is 4.03. The summed E-state index contributed by atoms with van der Waals surface area (Å²) in [6, 6.07) is -0.697. The van der Waals surface area contributed by atoms with Gasteiger partial charge in [0.2, 0.25) is 11.8 Å². The molecule has 0 aromatic rings. The first-order valence-electron chi connectivity index (χ1n) is 8.77. The van der Waals surface area contributed by atoms with Crippen LogP contribution >= 0.6 is 0 Å². The number of carbonyl (C=O) groups excluding carboxylic acids is 2. The number of amides is 2. The van der Waals surface area contributed by atoms with Gasteiger partial charge in [-0.3, -0.25) is 9.59 Å².